The van der Waals surface area contributed by atoms with E-state index in [9.17, 15) is 9.59 Å². The maximum atomic E-state index is 13.0. The van der Waals surface area contributed by atoms with Crippen molar-refractivity contribution in [2.24, 2.45) is 0 Å². The van der Waals surface area contributed by atoms with Gasteiger partial charge in [-0.3, -0.25) is 14.5 Å². The Labute approximate surface area is 167 Å². The van der Waals surface area contributed by atoms with Crippen LogP contribution in [0.1, 0.15) is 30.4 Å². The number of carbonyl (C=O) groups excluding carboxylic acids is 2. The second-order valence-corrected chi connectivity index (χ2v) is 7.19. The summed E-state index contributed by atoms with van der Waals surface area (Å²) in [6.07, 6.45) is 0.463. The van der Waals surface area contributed by atoms with Crippen LogP contribution in [0.3, 0.4) is 0 Å². The standard InChI is InChI=1S/C23H29N3O2/c1-2-24-22(27)18-25-13-15-26(16-14-25)23(28)17-21(19-9-5-3-6-10-19)20-11-7-4-8-12-20/h3-12,21H,2,13-18H2,1H3,(H,24,27). The van der Waals surface area contributed by atoms with E-state index in [2.05, 4.69) is 34.5 Å². The zero-order chi connectivity index (χ0) is 19.8. The molecule has 3 rings (SSSR count). The fraction of sp³-hybridized carbons (Fsp3) is 0.391. The fourth-order valence-corrected chi connectivity index (χ4v) is 3.71. The Kier molecular flexibility index (Phi) is 7.20. The van der Waals surface area contributed by atoms with E-state index in [1.807, 2.05) is 48.2 Å². The van der Waals surface area contributed by atoms with E-state index in [1.165, 1.54) is 0 Å². The molecule has 2 aromatic rings. The summed E-state index contributed by atoms with van der Waals surface area (Å²) < 4.78 is 0. The van der Waals surface area contributed by atoms with Crippen molar-refractivity contribution in [1.29, 1.82) is 0 Å². The van der Waals surface area contributed by atoms with Crippen LogP contribution in [-0.4, -0.2) is 60.9 Å². The molecule has 5 heteroatoms. The molecule has 0 atom stereocenters. The molecule has 5 nitrogen and oxygen atoms in total. The average Bonchev–Trinajstić information content (AvgIpc) is 2.74. The van der Waals surface area contributed by atoms with Crippen LogP contribution < -0.4 is 5.32 Å². The third-order valence-electron chi connectivity index (χ3n) is 5.25. The van der Waals surface area contributed by atoms with Crippen LogP contribution in [0.15, 0.2) is 60.7 Å². The second kappa shape index (κ2) is 10.0. The number of rotatable bonds is 7. The quantitative estimate of drug-likeness (QED) is 0.804. The van der Waals surface area contributed by atoms with Crippen molar-refractivity contribution in [1.82, 2.24) is 15.1 Å². The average molecular weight is 380 g/mol. The molecule has 1 saturated heterocycles. The first-order valence-electron chi connectivity index (χ1n) is 10.0. The highest BCUT2D eigenvalue weighted by atomic mass is 16.2. The smallest absolute Gasteiger partial charge is 0.234 e. The second-order valence-electron chi connectivity index (χ2n) is 7.19. The van der Waals surface area contributed by atoms with Crippen LogP contribution >= 0.6 is 0 Å². The Hall–Kier alpha value is -2.66. The van der Waals surface area contributed by atoms with Crippen molar-refractivity contribution in [3.8, 4) is 0 Å². The minimum atomic E-state index is 0.0514. The van der Waals surface area contributed by atoms with Crippen LogP contribution in [0.2, 0.25) is 0 Å². The lowest BCUT2D eigenvalue weighted by Gasteiger charge is -2.35. The van der Waals surface area contributed by atoms with Crippen LogP contribution in [0.4, 0.5) is 0 Å². The summed E-state index contributed by atoms with van der Waals surface area (Å²) in [6, 6.07) is 20.5. The van der Waals surface area contributed by atoms with Gasteiger partial charge < -0.3 is 10.2 Å². The molecule has 0 spiro atoms. The van der Waals surface area contributed by atoms with E-state index < -0.39 is 0 Å². The minimum Gasteiger partial charge on any atom is -0.355 e. The van der Waals surface area contributed by atoms with E-state index in [0.29, 0.717) is 32.6 Å². The molecule has 0 aromatic heterocycles. The molecule has 2 amide bonds. The molecule has 0 aliphatic carbocycles. The SMILES string of the molecule is CCNC(=O)CN1CCN(C(=O)CC(c2ccccc2)c2ccccc2)CC1. The summed E-state index contributed by atoms with van der Waals surface area (Å²) >= 11 is 0. The number of nitrogens with zero attached hydrogens (tertiary/aromatic N) is 2. The zero-order valence-corrected chi connectivity index (χ0v) is 16.5. The Balaban J connectivity index is 1.61. The van der Waals surface area contributed by atoms with Crippen LogP contribution in [0.5, 0.6) is 0 Å². The van der Waals surface area contributed by atoms with Crippen LogP contribution in [-0.2, 0) is 9.59 Å². The van der Waals surface area contributed by atoms with Crippen molar-refractivity contribution in [2.45, 2.75) is 19.3 Å². The number of piperazine rings is 1. The van der Waals surface area contributed by atoms with Gasteiger partial charge in [-0.1, -0.05) is 60.7 Å². The number of hydrogen-bond donors (Lipinski definition) is 1. The largest absolute Gasteiger partial charge is 0.355 e. The highest BCUT2D eigenvalue weighted by molar-refractivity contribution is 5.79. The minimum absolute atomic E-state index is 0.0514. The fourth-order valence-electron chi connectivity index (χ4n) is 3.71. The summed E-state index contributed by atoms with van der Waals surface area (Å²) in [5, 5.41) is 2.83. The number of benzene rings is 2. The number of hydrogen-bond acceptors (Lipinski definition) is 3. The van der Waals surface area contributed by atoms with Gasteiger partial charge in [0, 0.05) is 45.1 Å². The number of carbonyl (C=O) groups is 2. The van der Waals surface area contributed by atoms with Crippen molar-refractivity contribution in [3.05, 3.63) is 71.8 Å². The van der Waals surface area contributed by atoms with Crippen LogP contribution in [0.25, 0.3) is 0 Å². The highest BCUT2D eigenvalue weighted by Crippen LogP contribution is 2.28. The molecule has 1 heterocycles. The monoisotopic (exact) mass is 379 g/mol. The Morgan fingerprint density at radius 1 is 0.893 bits per heavy atom. The topological polar surface area (TPSA) is 52.7 Å². The third-order valence-corrected chi connectivity index (χ3v) is 5.25. The third kappa shape index (κ3) is 5.42. The van der Waals surface area contributed by atoms with Gasteiger partial charge in [-0.2, -0.15) is 0 Å². The summed E-state index contributed by atoms with van der Waals surface area (Å²) in [7, 11) is 0. The van der Waals surface area contributed by atoms with Gasteiger partial charge in [0.1, 0.15) is 0 Å². The van der Waals surface area contributed by atoms with Crippen LogP contribution in [0, 0.1) is 0 Å². The molecule has 0 saturated carbocycles. The Bertz CT molecular complexity index is 716. The predicted octanol–water partition coefficient (Wildman–Crippen LogP) is 2.49. The molecule has 0 unspecified atom stereocenters. The molecule has 2 aromatic carbocycles. The summed E-state index contributed by atoms with van der Waals surface area (Å²) in [5.41, 5.74) is 2.33. The van der Waals surface area contributed by atoms with Crippen molar-refractivity contribution < 1.29 is 9.59 Å². The van der Waals surface area contributed by atoms with E-state index in [0.717, 1.165) is 24.2 Å². The first-order valence-corrected chi connectivity index (χ1v) is 10.0. The number of amides is 2. The van der Waals surface area contributed by atoms with Crippen molar-refractivity contribution in [3.63, 3.8) is 0 Å². The van der Waals surface area contributed by atoms with Gasteiger partial charge >= 0.3 is 0 Å². The first kappa shape index (κ1) is 20.1. The van der Waals surface area contributed by atoms with Gasteiger partial charge in [0.25, 0.3) is 0 Å². The molecule has 1 aliphatic rings. The van der Waals surface area contributed by atoms with Gasteiger partial charge in [0.15, 0.2) is 0 Å². The molecule has 148 valence electrons. The molecule has 0 radical (unpaired) electrons. The molecule has 1 N–H and O–H groups in total. The zero-order valence-electron chi connectivity index (χ0n) is 16.5. The maximum Gasteiger partial charge on any atom is 0.234 e. The van der Waals surface area contributed by atoms with Gasteiger partial charge in [-0.05, 0) is 18.1 Å². The maximum absolute atomic E-state index is 13.0. The molecule has 28 heavy (non-hydrogen) atoms. The molecular formula is C23H29N3O2. The first-order chi connectivity index (χ1) is 13.7. The molecular weight excluding hydrogens is 350 g/mol. The van der Waals surface area contributed by atoms with E-state index >= 15 is 0 Å². The van der Waals surface area contributed by atoms with Gasteiger partial charge in [0.2, 0.25) is 11.8 Å². The predicted molar refractivity (Wildman–Crippen MR) is 111 cm³/mol. The lowest BCUT2D eigenvalue weighted by molar-refractivity contribution is -0.133. The molecule has 1 fully saturated rings. The molecule has 0 bridgehead atoms. The highest BCUT2D eigenvalue weighted by Gasteiger charge is 2.25. The van der Waals surface area contributed by atoms with Gasteiger partial charge in [0.05, 0.1) is 6.54 Å². The van der Waals surface area contributed by atoms with Crippen molar-refractivity contribution in [2.75, 3.05) is 39.3 Å². The van der Waals surface area contributed by atoms with Crippen molar-refractivity contribution >= 4 is 11.8 Å². The van der Waals surface area contributed by atoms with Gasteiger partial charge in [-0.15, -0.1) is 0 Å². The van der Waals surface area contributed by atoms with E-state index in [-0.39, 0.29) is 17.7 Å². The molecule has 1 aliphatic heterocycles. The normalized spacial score (nSPS) is 14.9. The van der Waals surface area contributed by atoms with E-state index in [1.54, 1.807) is 0 Å². The Morgan fingerprint density at radius 2 is 1.43 bits per heavy atom. The number of nitrogens with one attached hydrogen (secondary N) is 1. The number of likely N-dealkylation sites (N-methyl/N-ethyl adjacent to an activating group) is 1. The summed E-state index contributed by atoms with van der Waals surface area (Å²) in [4.78, 5) is 28.8. The summed E-state index contributed by atoms with van der Waals surface area (Å²) in [5.74, 6) is 0.286. The van der Waals surface area contributed by atoms with Gasteiger partial charge in [-0.25, -0.2) is 0 Å². The summed E-state index contributed by atoms with van der Waals surface area (Å²) in [6.45, 7) is 5.81. The lowest BCUT2D eigenvalue weighted by Crippen LogP contribution is -2.51. The Morgan fingerprint density at radius 3 is 1.93 bits per heavy atom. The lowest BCUT2D eigenvalue weighted by atomic mass is 9.88. The van der Waals surface area contributed by atoms with E-state index in [4.69, 9.17) is 0 Å².